The molecule has 1 aromatic carbocycles. The SMILES string of the molecule is CCNC(=NCc1cccc(Cl)c1)NCCN(CC)CC.I. The average molecular weight is 439 g/mol. The molecule has 0 atom stereocenters. The van der Waals surface area contributed by atoms with Gasteiger partial charge in [0.15, 0.2) is 5.96 Å². The van der Waals surface area contributed by atoms with Crippen molar-refractivity contribution >= 4 is 41.5 Å². The zero-order valence-corrected chi connectivity index (χ0v) is 16.8. The number of benzene rings is 1. The second-order valence-electron chi connectivity index (χ2n) is 4.78. The van der Waals surface area contributed by atoms with Crippen molar-refractivity contribution in [2.75, 3.05) is 32.7 Å². The van der Waals surface area contributed by atoms with Gasteiger partial charge < -0.3 is 15.5 Å². The Morgan fingerprint density at radius 2 is 1.91 bits per heavy atom. The van der Waals surface area contributed by atoms with Gasteiger partial charge in [0.1, 0.15) is 0 Å². The highest BCUT2D eigenvalue weighted by atomic mass is 127. The van der Waals surface area contributed by atoms with Crippen LogP contribution in [0.4, 0.5) is 0 Å². The van der Waals surface area contributed by atoms with Crippen LogP contribution in [0.3, 0.4) is 0 Å². The third kappa shape index (κ3) is 8.80. The first-order valence-electron chi connectivity index (χ1n) is 7.68. The smallest absolute Gasteiger partial charge is 0.191 e. The molecular formula is C16H28ClIN4. The van der Waals surface area contributed by atoms with Crippen LogP contribution in [0.2, 0.25) is 5.02 Å². The van der Waals surface area contributed by atoms with Crippen molar-refractivity contribution in [2.24, 2.45) is 4.99 Å². The molecule has 0 fully saturated rings. The molecule has 22 heavy (non-hydrogen) atoms. The lowest BCUT2D eigenvalue weighted by molar-refractivity contribution is 0.308. The molecule has 0 aliphatic rings. The van der Waals surface area contributed by atoms with Crippen molar-refractivity contribution in [3.05, 3.63) is 34.9 Å². The molecule has 0 bridgehead atoms. The number of nitrogens with one attached hydrogen (secondary N) is 2. The standard InChI is InChI=1S/C16H27ClN4.HI/c1-4-18-16(19-10-11-21(5-2)6-3)20-13-14-8-7-9-15(17)12-14;/h7-9,12H,4-6,10-11,13H2,1-3H3,(H2,18,19,20);1H. The Balaban J connectivity index is 0.00000441. The summed E-state index contributed by atoms with van der Waals surface area (Å²) in [6, 6.07) is 7.82. The molecule has 0 saturated heterocycles. The minimum absolute atomic E-state index is 0. The number of aliphatic imine (C=N–C) groups is 1. The van der Waals surface area contributed by atoms with Crippen LogP contribution in [0.1, 0.15) is 26.3 Å². The Hall–Kier alpha value is -0.530. The van der Waals surface area contributed by atoms with E-state index in [0.717, 1.165) is 49.3 Å². The number of guanidine groups is 1. The Bertz CT molecular complexity index is 436. The second-order valence-corrected chi connectivity index (χ2v) is 5.22. The van der Waals surface area contributed by atoms with Gasteiger partial charge in [0.25, 0.3) is 0 Å². The van der Waals surface area contributed by atoms with E-state index in [2.05, 4.69) is 41.3 Å². The Kier molecular flexibility index (Phi) is 12.6. The molecular weight excluding hydrogens is 411 g/mol. The first-order chi connectivity index (χ1) is 10.2. The van der Waals surface area contributed by atoms with E-state index in [-0.39, 0.29) is 24.0 Å². The Morgan fingerprint density at radius 1 is 1.18 bits per heavy atom. The van der Waals surface area contributed by atoms with Gasteiger partial charge in [-0.1, -0.05) is 37.6 Å². The molecule has 1 aromatic rings. The van der Waals surface area contributed by atoms with Gasteiger partial charge in [-0.25, -0.2) is 4.99 Å². The second kappa shape index (κ2) is 13.0. The molecule has 1 rings (SSSR count). The maximum absolute atomic E-state index is 5.99. The van der Waals surface area contributed by atoms with Crippen molar-refractivity contribution in [2.45, 2.75) is 27.3 Å². The monoisotopic (exact) mass is 438 g/mol. The molecule has 0 heterocycles. The van der Waals surface area contributed by atoms with Crippen molar-refractivity contribution in [1.29, 1.82) is 0 Å². The van der Waals surface area contributed by atoms with Gasteiger partial charge in [0, 0.05) is 24.7 Å². The molecule has 0 unspecified atom stereocenters. The van der Waals surface area contributed by atoms with Crippen LogP contribution < -0.4 is 10.6 Å². The predicted molar refractivity (Wildman–Crippen MR) is 107 cm³/mol. The summed E-state index contributed by atoms with van der Waals surface area (Å²) in [6.07, 6.45) is 0. The molecule has 0 aliphatic carbocycles. The van der Waals surface area contributed by atoms with Crippen LogP contribution in [-0.2, 0) is 6.54 Å². The van der Waals surface area contributed by atoms with E-state index in [1.807, 2.05) is 24.3 Å². The summed E-state index contributed by atoms with van der Waals surface area (Å²) < 4.78 is 0. The summed E-state index contributed by atoms with van der Waals surface area (Å²) in [4.78, 5) is 6.97. The molecule has 0 spiro atoms. The lowest BCUT2D eigenvalue weighted by Crippen LogP contribution is -2.41. The summed E-state index contributed by atoms with van der Waals surface area (Å²) >= 11 is 5.99. The molecule has 4 nitrogen and oxygen atoms in total. The lowest BCUT2D eigenvalue weighted by atomic mass is 10.2. The van der Waals surface area contributed by atoms with Crippen LogP contribution in [0, 0.1) is 0 Å². The molecule has 0 aliphatic heterocycles. The average Bonchev–Trinajstić information content (AvgIpc) is 2.49. The van der Waals surface area contributed by atoms with Gasteiger partial charge in [-0.05, 0) is 37.7 Å². The number of rotatable bonds is 8. The van der Waals surface area contributed by atoms with Gasteiger partial charge in [0.2, 0.25) is 0 Å². The summed E-state index contributed by atoms with van der Waals surface area (Å²) in [6.45, 7) is 12.0. The third-order valence-corrected chi connectivity index (χ3v) is 3.50. The predicted octanol–water partition coefficient (Wildman–Crippen LogP) is 3.35. The summed E-state index contributed by atoms with van der Waals surface area (Å²) in [7, 11) is 0. The van der Waals surface area contributed by atoms with Crippen LogP contribution >= 0.6 is 35.6 Å². The maximum Gasteiger partial charge on any atom is 0.191 e. The van der Waals surface area contributed by atoms with Gasteiger partial charge in [0.05, 0.1) is 6.54 Å². The Labute approximate surface area is 156 Å². The summed E-state index contributed by atoms with van der Waals surface area (Å²) in [5.41, 5.74) is 1.11. The van der Waals surface area contributed by atoms with Crippen molar-refractivity contribution < 1.29 is 0 Å². The van der Waals surface area contributed by atoms with E-state index in [4.69, 9.17) is 11.6 Å². The molecule has 6 heteroatoms. The number of nitrogens with zero attached hydrogens (tertiary/aromatic N) is 2. The molecule has 126 valence electrons. The van der Waals surface area contributed by atoms with Gasteiger partial charge in [-0.15, -0.1) is 24.0 Å². The topological polar surface area (TPSA) is 39.7 Å². The molecule has 0 amide bonds. The zero-order valence-electron chi connectivity index (χ0n) is 13.7. The fraction of sp³-hybridized carbons (Fsp3) is 0.562. The first-order valence-corrected chi connectivity index (χ1v) is 8.06. The fourth-order valence-corrected chi connectivity index (χ4v) is 2.23. The quantitative estimate of drug-likeness (QED) is 0.371. The minimum Gasteiger partial charge on any atom is -0.357 e. The minimum atomic E-state index is 0. The molecule has 2 N–H and O–H groups in total. The van der Waals surface area contributed by atoms with E-state index in [1.54, 1.807) is 0 Å². The zero-order chi connectivity index (χ0) is 15.5. The highest BCUT2D eigenvalue weighted by Crippen LogP contribution is 2.11. The molecule has 0 radical (unpaired) electrons. The summed E-state index contributed by atoms with van der Waals surface area (Å²) in [5.74, 6) is 0.852. The van der Waals surface area contributed by atoms with Crippen LogP contribution in [0.25, 0.3) is 0 Å². The number of likely N-dealkylation sites (N-methyl/N-ethyl adjacent to an activating group) is 1. The van der Waals surface area contributed by atoms with Crippen LogP contribution in [0.15, 0.2) is 29.3 Å². The van der Waals surface area contributed by atoms with Crippen molar-refractivity contribution in [3.63, 3.8) is 0 Å². The highest BCUT2D eigenvalue weighted by molar-refractivity contribution is 14.0. The Morgan fingerprint density at radius 3 is 2.50 bits per heavy atom. The largest absolute Gasteiger partial charge is 0.357 e. The summed E-state index contributed by atoms with van der Waals surface area (Å²) in [5, 5.41) is 7.39. The molecule has 0 aromatic heterocycles. The van der Waals surface area contributed by atoms with E-state index in [1.165, 1.54) is 0 Å². The molecule has 0 saturated carbocycles. The van der Waals surface area contributed by atoms with E-state index in [9.17, 15) is 0 Å². The number of halogens is 2. The van der Waals surface area contributed by atoms with Crippen molar-refractivity contribution in [3.8, 4) is 0 Å². The lowest BCUT2D eigenvalue weighted by Gasteiger charge is -2.19. The van der Waals surface area contributed by atoms with Gasteiger partial charge in [-0.2, -0.15) is 0 Å². The van der Waals surface area contributed by atoms with Gasteiger partial charge in [-0.3, -0.25) is 0 Å². The highest BCUT2D eigenvalue weighted by Gasteiger charge is 2.01. The first kappa shape index (κ1) is 21.5. The number of hydrogen-bond acceptors (Lipinski definition) is 2. The maximum atomic E-state index is 5.99. The van der Waals surface area contributed by atoms with E-state index in [0.29, 0.717) is 6.54 Å². The van der Waals surface area contributed by atoms with Crippen LogP contribution in [0.5, 0.6) is 0 Å². The van der Waals surface area contributed by atoms with E-state index < -0.39 is 0 Å². The van der Waals surface area contributed by atoms with Crippen molar-refractivity contribution in [1.82, 2.24) is 15.5 Å². The third-order valence-electron chi connectivity index (χ3n) is 3.27. The van der Waals surface area contributed by atoms with Gasteiger partial charge >= 0.3 is 0 Å². The fourth-order valence-electron chi connectivity index (χ4n) is 2.02. The van der Waals surface area contributed by atoms with Crippen LogP contribution in [-0.4, -0.2) is 43.6 Å². The van der Waals surface area contributed by atoms with E-state index >= 15 is 0 Å². The normalized spacial score (nSPS) is 11.2. The number of hydrogen-bond donors (Lipinski definition) is 2.